The van der Waals surface area contributed by atoms with E-state index in [2.05, 4.69) is 43.2 Å². The Morgan fingerprint density at radius 3 is 2.50 bits per heavy atom. The molecule has 0 aliphatic heterocycles. The van der Waals surface area contributed by atoms with Gasteiger partial charge in [-0.15, -0.1) is 11.3 Å². The molecular weight excluding hydrogens is 336 g/mol. The first-order chi connectivity index (χ1) is 11.4. The highest BCUT2D eigenvalue weighted by Gasteiger charge is 2.13. The van der Waals surface area contributed by atoms with Crippen molar-refractivity contribution in [2.75, 3.05) is 11.1 Å². The molecule has 5 heteroatoms. The van der Waals surface area contributed by atoms with Crippen molar-refractivity contribution in [3.8, 4) is 0 Å². The summed E-state index contributed by atoms with van der Waals surface area (Å²) >= 11 is 3.10. The molecule has 1 N–H and O–H groups in total. The maximum atomic E-state index is 12.1. The molecule has 0 spiro atoms. The highest BCUT2D eigenvalue weighted by atomic mass is 32.2. The Kier molecular flexibility index (Phi) is 4.92. The Morgan fingerprint density at radius 1 is 1.12 bits per heavy atom. The normalized spacial score (nSPS) is 11.6. The summed E-state index contributed by atoms with van der Waals surface area (Å²) in [5.41, 5.74) is 3.19. The van der Waals surface area contributed by atoms with Crippen molar-refractivity contribution >= 4 is 44.9 Å². The van der Waals surface area contributed by atoms with Crippen LogP contribution in [0.2, 0.25) is 0 Å². The molecule has 0 bridgehead atoms. The van der Waals surface area contributed by atoms with E-state index >= 15 is 0 Å². The zero-order valence-corrected chi connectivity index (χ0v) is 15.6. The van der Waals surface area contributed by atoms with Gasteiger partial charge in [0, 0.05) is 5.69 Å². The fourth-order valence-corrected chi connectivity index (χ4v) is 4.16. The van der Waals surface area contributed by atoms with Gasteiger partial charge in [-0.2, -0.15) is 0 Å². The van der Waals surface area contributed by atoms with Crippen LogP contribution in [-0.2, 0) is 10.2 Å². The molecule has 0 radical (unpaired) electrons. The molecule has 1 heterocycles. The molecule has 1 aromatic heterocycles. The summed E-state index contributed by atoms with van der Waals surface area (Å²) in [6.45, 7) is 6.53. The van der Waals surface area contributed by atoms with Crippen molar-refractivity contribution in [2.24, 2.45) is 0 Å². The number of thioether (sulfide) groups is 1. The van der Waals surface area contributed by atoms with Gasteiger partial charge < -0.3 is 5.32 Å². The molecule has 1 amide bonds. The highest BCUT2D eigenvalue weighted by Crippen LogP contribution is 2.29. The molecular formula is C19H20N2OS2. The quantitative estimate of drug-likeness (QED) is 0.643. The van der Waals surface area contributed by atoms with Gasteiger partial charge in [0.25, 0.3) is 0 Å². The van der Waals surface area contributed by atoms with Crippen molar-refractivity contribution in [1.29, 1.82) is 0 Å². The molecule has 0 aliphatic carbocycles. The Hall–Kier alpha value is -1.85. The van der Waals surface area contributed by atoms with Crippen molar-refractivity contribution < 1.29 is 4.79 Å². The number of nitrogens with zero attached hydrogens (tertiary/aromatic N) is 1. The average molecular weight is 357 g/mol. The predicted molar refractivity (Wildman–Crippen MR) is 104 cm³/mol. The monoisotopic (exact) mass is 356 g/mol. The third kappa shape index (κ3) is 4.16. The third-order valence-corrected chi connectivity index (χ3v) is 5.82. The molecule has 0 unspecified atom stereocenters. The number of nitrogens with one attached hydrogen (secondary N) is 1. The molecule has 0 fully saturated rings. The van der Waals surface area contributed by atoms with E-state index in [9.17, 15) is 4.79 Å². The summed E-state index contributed by atoms with van der Waals surface area (Å²) < 4.78 is 2.08. The maximum absolute atomic E-state index is 12.1. The largest absolute Gasteiger partial charge is 0.325 e. The van der Waals surface area contributed by atoms with Crippen LogP contribution in [0.4, 0.5) is 5.69 Å². The van der Waals surface area contributed by atoms with Gasteiger partial charge in [-0.05, 0) is 35.2 Å². The van der Waals surface area contributed by atoms with E-state index in [0.717, 1.165) is 20.2 Å². The van der Waals surface area contributed by atoms with Gasteiger partial charge in [0.2, 0.25) is 5.91 Å². The number of rotatable bonds is 4. The first-order valence-corrected chi connectivity index (χ1v) is 9.61. The summed E-state index contributed by atoms with van der Waals surface area (Å²) in [4.78, 5) is 16.7. The second kappa shape index (κ2) is 6.95. The number of aromatic nitrogens is 1. The van der Waals surface area contributed by atoms with E-state index in [1.54, 1.807) is 11.3 Å². The molecule has 0 atom stereocenters. The van der Waals surface area contributed by atoms with Crippen molar-refractivity contribution in [2.45, 2.75) is 30.5 Å². The van der Waals surface area contributed by atoms with Crippen LogP contribution in [0.1, 0.15) is 26.3 Å². The third-order valence-electron chi connectivity index (χ3n) is 3.64. The minimum absolute atomic E-state index is 0.0113. The molecule has 2 aromatic carbocycles. The molecule has 0 saturated heterocycles. The van der Waals surface area contributed by atoms with Crippen molar-refractivity contribution in [3.05, 3.63) is 54.1 Å². The highest BCUT2D eigenvalue weighted by molar-refractivity contribution is 8.01. The van der Waals surface area contributed by atoms with Crippen LogP contribution in [0, 0.1) is 0 Å². The Balaban J connectivity index is 1.57. The van der Waals surface area contributed by atoms with Crippen LogP contribution >= 0.6 is 23.1 Å². The van der Waals surface area contributed by atoms with Gasteiger partial charge in [0.1, 0.15) is 0 Å². The molecule has 0 aliphatic rings. The van der Waals surface area contributed by atoms with Gasteiger partial charge in [-0.25, -0.2) is 4.98 Å². The standard InChI is InChI=1S/C19H20N2OS2/c1-19(2,3)13-8-10-14(11-9-13)20-17(22)12-23-18-21-15-6-4-5-7-16(15)24-18/h4-11H,12H2,1-3H3,(H,20,22). The molecule has 0 saturated carbocycles. The zero-order valence-electron chi connectivity index (χ0n) is 14.0. The average Bonchev–Trinajstić information content (AvgIpc) is 2.95. The first-order valence-electron chi connectivity index (χ1n) is 7.80. The number of thiazole rings is 1. The van der Waals surface area contributed by atoms with Crippen LogP contribution in [0.5, 0.6) is 0 Å². The van der Waals surface area contributed by atoms with Gasteiger partial charge >= 0.3 is 0 Å². The number of hydrogen-bond donors (Lipinski definition) is 1. The number of benzene rings is 2. The molecule has 3 nitrogen and oxygen atoms in total. The summed E-state index contributed by atoms with van der Waals surface area (Å²) in [6, 6.07) is 16.1. The van der Waals surface area contributed by atoms with E-state index in [-0.39, 0.29) is 11.3 Å². The fraction of sp³-hybridized carbons (Fsp3) is 0.263. The van der Waals surface area contributed by atoms with Gasteiger partial charge in [0.05, 0.1) is 16.0 Å². The van der Waals surface area contributed by atoms with Gasteiger partial charge in [0.15, 0.2) is 4.34 Å². The minimum Gasteiger partial charge on any atom is -0.325 e. The van der Waals surface area contributed by atoms with E-state index in [0.29, 0.717) is 5.75 Å². The van der Waals surface area contributed by atoms with E-state index in [1.807, 2.05) is 36.4 Å². The lowest BCUT2D eigenvalue weighted by molar-refractivity contribution is -0.113. The summed E-state index contributed by atoms with van der Waals surface area (Å²) in [7, 11) is 0. The fourth-order valence-electron chi connectivity index (χ4n) is 2.29. The lowest BCUT2D eigenvalue weighted by atomic mass is 9.87. The Morgan fingerprint density at radius 2 is 1.83 bits per heavy atom. The number of amides is 1. The van der Waals surface area contributed by atoms with Crippen LogP contribution in [0.15, 0.2) is 52.9 Å². The Labute approximate surface area is 150 Å². The van der Waals surface area contributed by atoms with Crippen molar-refractivity contribution in [3.63, 3.8) is 0 Å². The molecule has 3 aromatic rings. The lowest BCUT2D eigenvalue weighted by Gasteiger charge is -2.19. The maximum Gasteiger partial charge on any atom is 0.234 e. The number of carbonyl (C=O) groups excluding carboxylic acids is 1. The van der Waals surface area contributed by atoms with Crippen LogP contribution in [-0.4, -0.2) is 16.6 Å². The number of anilines is 1. The van der Waals surface area contributed by atoms with Crippen LogP contribution < -0.4 is 5.32 Å². The molecule has 3 rings (SSSR count). The SMILES string of the molecule is CC(C)(C)c1ccc(NC(=O)CSc2nc3ccccc3s2)cc1. The topological polar surface area (TPSA) is 42.0 Å². The second-order valence-electron chi connectivity index (χ2n) is 6.61. The summed E-state index contributed by atoms with van der Waals surface area (Å²) in [6.07, 6.45) is 0. The zero-order chi connectivity index (χ0) is 17.2. The second-order valence-corrected chi connectivity index (χ2v) is 8.86. The lowest BCUT2D eigenvalue weighted by Crippen LogP contribution is -2.15. The first kappa shape index (κ1) is 17.0. The number of hydrogen-bond acceptors (Lipinski definition) is 4. The van der Waals surface area contributed by atoms with Crippen LogP contribution in [0.25, 0.3) is 10.2 Å². The minimum atomic E-state index is -0.0113. The van der Waals surface area contributed by atoms with E-state index < -0.39 is 0 Å². The number of fused-ring (bicyclic) bond motifs is 1. The summed E-state index contributed by atoms with van der Waals surface area (Å²) in [5, 5.41) is 2.94. The predicted octanol–water partition coefficient (Wildman–Crippen LogP) is 5.32. The van der Waals surface area contributed by atoms with Crippen molar-refractivity contribution in [1.82, 2.24) is 4.98 Å². The van der Waals surface area contributed by atoms with Gasteiger partial charge in [-0.1, -0.05) is 56.8 Å². The number of carbonyl (C=O) groups is 1. The van der Waals surface area contributed by atoms with Crippen LogP contribution in [0.3, 0.4) is 0 Å². The molecule has 124 valence electrons. The van der Waals surface area contributed by atoms with E-state index in [1.165, 1.54) is 17.3 Å². The van der Waals surface area contributed by atoms with E-state index in [4.69, 9.17) is 0 Å². The smallest absolute Gasteiger partial charge is 0.234 e. The summed E-state index contributed by atoms with van der Waals surface area (Å²) in [5.74, 6) is 0.351. The Bertz CT molecular complexity index is 815. The van der Waals surface area contributed by atoms with Gasteiger partial charge in [-0.3, -0.25) is 4.79 Å². The number of para-hydroxylation sites is 1. The molecule has 24 heavy (non-hydrogen) atoms.